The van der Waals surface area contributed by atoms with Gasteiger partial charge in [0.15, 0.2) is 0 Å². The van der Waals surface area contributed by atoms with Crippen molar-refractivity contribution in [1.29, 1.82) is 0 Å². The Labute approximate surface area is 190 Å². The maximum absolute atomic E-state index is 10.8. The van der Waals surface area contributed by atoms with Crippen molar-refractivity contribution >= 4 is 0 Å². The van der Waals surface area contributed by atoms with E-state index in [9.17, 15) is 15.3 Å². The molecule has 31 heavy (non-hydrogen) atoms. The molecule has 0 bridgehead atoms. The largest absolute Gasteiger partial charge is 0.508 e. The molecule has 0 aromatic heterocycles. The van der Waals surface area contributed by atoms with Crippen LogP contribution in [0.5, 0.6) is 11.5 Å². The van der Waals surface area contributed by atoms with Crippen molar-refractivity contribution in [3.8, 4) is 11.5 Å². The number of allylic oxidation sites excluding steroid dienone is 6. The van der Waals surface area contributed by atoms with E-state index >= 15 is 0 Å². The molecule has 0 aliphatic rings. The summed E-state index contributed by atoms with van der Waals surface area (Å²) in [5, 5.41) is 31.1. The fourth-order valence-corrected chi connectivity index (χ4v) is 3.64. The lowest BCUT2D eigenvalue weighted by Gasteiger charge is -2.23. The van der Waals surface area contributed by atoms with Gasteiger partial charge in [-0.1, -0.05) is 34.9 Å². The van der Waals surface area contributed by atoms with E-state index in [0.29, 0.717) is 36.0 Å². The van der Waals surface area contributed by atoms with Crippen LogP contribution in [0, 0.1) is 13.8 Å². The second kappa shape index (κ2) is 12.8. The molecule has 1 atom stereocenters. The zero-order valence-electron chi connectivity index (χ0n) is 20.8. The van der Waals surface area contributed by atoms with Crippen LogP contribution in [-0.4, -0.2) is 20.9 Å². The van der Waals surface area contributed by atoms with Gasteiger partial charge in [-0.05, 0) is 123 Å². The summed E-state index contributed by atoms with van der Waals surface area (Å²) in [5.74, 6) is 0.427. The van der Waals surface area contributed by atoms with Crippen molar-refractivity contribution in [3.63, 3.8) is 0 Å². The Hall–Kier alpha value is -2.00. The molecular formula is C28H44O3. The first-order valence-corrected chi connectivity index (χ1v) is 11.6. The Balaban J connectivity index is 2.46. The number of aliphatic hydroxyl groups is 1. The Morgan fingerprint density at radius 2 is 1.39 bits per heavy atom. The first kappa shape index (κ1) is 27.0. The van der Waals surface area contributed by atoms with Gasteiger partial charge in [-0.2, -0.15) is 0 Å². The molecule has 1 aromatic carbocycles. The van der Waals surface area contributed by atoms with Crippen molar-refractivity contribution in [2.45, 2.75) is 105 Å². The van der Waals surface area contributed by atoms with Crippen LogP contribution in [0.25, 0.3) is 0 Å². The Morgan fingerprint density at radius 1 is 0.839 bits per heavy atom. The number of hydrogen-bond acceptors (Lipinski definition) is 3. The zero-order chi connectivity index (χ0) is 23.6. The third-order valence-corrected chi connectivity index (χ3v) is 6.15. The van der Waals surface area contributed by atoms with Crippen LogP contribution in [0.15, 0.2) is 41.0 Å². The summed E-state index contributed by atoms with van der Waals surface area (Å²) in [6.07, 6.45) is 13.8. The summed E-state index contributed by atoms with van der Waals surface area (Å²) in [6, 6.07) is 1.62. The van der Waals surface area contributed by atoms with Crippen LogP contribution in [0.1, 0.15) is 96.3 Å². The molecule has 0 aliphatic carbocycles. The fraction of sp³-hybridized carbons (Fsp3) is 0.571. The number of phenols is 2. The Kier molecular flexibility index (Phi) is 11.1. The minimum Gasteiger partial charge on any atom is -0.508 e. The monoisotopic (exact) mass is 428 g/mol. The van der Waals surface area contributed by atoms with Gasteiger partial charge in [0.2, 0.25) is 0 Å². The topological polar surface area (TPSA) is 60.7 Å². The van der Waals surface area contributed by atoms with E-state index in [1.165, 1.54) is 16.7 Å². The number of aryl methyl sites for hydroxylation is 1. The lowest BCUT2D eigenvalue weighted by atomic mass is 9.90. The first-order chi connectivity index (χ1) is 14.4. The van der Waals surface area contributed by atoms with Crippen LogP contribution >= 0.6 is 0 Å². The number of hydrogen-bond donors (Lipinski definition) is 3. The van der Waals surface area contributed by atoms with E-state index in [-0.39, 0.29) is 11.5 Å². The highest BCUT2D eigenvalue weighted by Gasteiger charge is 2.21. The van der Waals surface area contributed by atoms with E-state index in [2.05, 4.69) is 45.9 Å². The molecule has 1 aromatic rings. The lowest BCUT2D eigenvalue weighted by Crippen LogP contribution is -2.24. The highest BCUT2D eigenvalue weighted by molar-refractivity contribution is 5.51. The summed E-state index contributed by atoms with van der Waals surface area (Å²) in [6.45, 7) is 14.1. The molecule has 1 unspecified atom stereocenters. The fourth-order valence-electron chi connectivity index (χ4n) is 3.64. The number of aromatic hydroxyl groups is 2. The molecule has 0 saturated carbocycles. The van der Waals surface area contributed by atoms with Gasteiger partial charge in [-0.15, -0.1) is 0 Å². The Morgan fingerprint density at radius 3 is 1.97 bits per heavy atom. The molecule has 0 spiro atoms. The van der Waals surface area contributed by atoms with E-state index in [0.717, 1.165) is 32.1 Å². The molecule has 3 N–H and O–H groups in total. The molecule has 1 rings (SSSR count). The average molecular weight is 429 g/mol. The van der Waals surface area contributed by atoms with Crippen molar-refractivity contribution in [2.24, 2.45) is 0 Å². The van der Waals surface area contributed by atoms with Crippen molar-refractivity contribution in [1.82, 2.24) is 0 Å². The quantitative estimate of drug-likeness (QED) is 0.237. The van der Waals surface area contributed by atoms with E-state index in [4.69, 9.17) is 0 Å². The molecule has 0 heterocycles. The minimum atomic E-state index is -0.807. The number of phenolic OH excluding ortho intramolecular Hbond substituents is 2. The van der Waals surface area contributed by atoms with Gasteiger partial charge in [-0.25, -0.2) is 0 Å². The highest BCUT2D eigenvalue weighted by Crippen LogP contribution is 2.33. The normalized spacial score (nSPS) is 14.5. The van der Waals surface area contributed by atoms with Crippen LogP contribution in [-0.2, 0) is 6.42 Å². The second-order valence-electron chi connectivity index (χ2n) is 9.65. The van der Waals surface area contributed by atoms with E-state index < -0.39 is 5.60 Å². The zero-order valence-corrected chi connectivity index (χ0v) is 20.8. The molecule has 0 aliphatic heterocycles. The molecule has 0 radical (unpaired) electrons. The van der Waals surface area contributed by atoms with Crippen molar-refractivity contribution in [3.05, 3.63) is 57.7 Å². The van der Waals surface area contributed by atoms with Gasteiger partial charge in [0.25, 0.3) is 0 Å². The molecule has 0 saturated heterocycles. The van der Waals surface area contributed by atoms with Gasteiger partial charge in [0.05, 0.1) is 5.60 Å². The number of rotatable bonds is 12. The summed E-state index contributed by atoms with van der Waals surface area (Å²) >= 11 is 0. The van der Waals surface area contributed by atoms with Crippen molar-refractivity contribution < 1.29 is 15.3 Å². The van der Waals surface area contributed by atoms with Gasteiger partial charge in [0, 0.05) is 0 Å². The van der Waals surface area contributed by atoms with Crippen LogP contribution in [0.4, 0.5) is 0 Å². The van der Waals surface area contributed by atoms with E-state index in [1.807, 2.05) is 6.92 Å². The smallest absolute Gasteiger partial charge is 0.122 e. The summed E-state index contributed by atoms with van der Waals surface area (Å²) in [5.41, 5.74) is 5.49. The predicted octanol–water partition coefficient (Wildman–Crippen LogP) is 7.60. The molecule has 0 fully saturated rings. The lowest BCUT2D eigenvalue weighted by molar-refractivity contribution is 0.0431. The summed E-state index contributed by atoms with van der Waals surface area (Å²) < 4.78 is 0. The predicted molar refractivity (Wildman–Crippen MR) is 133 cm³/mol. The highest BCUT2D eigenvalue weighted by atomic mass is 16.3. The molecule has 3 nitrogen and oxygen atoms in total. The van der Waals surface area contributed by atoms with Gasteiger partial charge < -0.3 is 15.3 Å². The van der Waals surface area contributed by atoms with Crippen LogP contribution in [0.2, 0.25) is 0 Å². The van der Waals surface area contributed by atoms with Gasteiger partial charge in [0.1, 0.15) is 11.5 Å². The average Bonchev–Trinajstić information content (AvgIpc) is 2.67. The van der Waals surface area contributed by atoms with Crippen LogP contribution in [0.3, 0.4) is 0 Å². The SMILES string of the molecule is CC(C)=CCCC(C)=CCCC(C)=CCCC(C)(O)CCc1cc(O)c(C)c(C)c1O. The summed E-state index contributed by atoms with van der Waals surface area (Å²) in [4.78, 5) is 0. The van der Waals surface area contributed by atoms with Gasteiger partial charge >= 0.3 is 0 Å². The third-order valence-electron chi connectivity index (χ3n) is 6.15. The second-order valence-corrected chi connectivity index (χ2v) is 9.65. The van der Waals surface area contributed by atoms with Crippen LogP contribution < -0.4 is 0 Å². The molecule has 174 valence electrons. The number of benzene rings is 1. The molecule has 3 heteroatoms. The Bertz CT molecular complexity index is 806. The molecule has 0 amide bonds. The first-order valence-electron chi connectivity index (χ1n) is 11.6. The molecular weight excluding hydrogens is 384 g/mol. The van der Waals surface area contributed by atoms with Crippen molar-refractivity contribution in [2.75, 3.05) is 0 Å². The standard InChI is InChI=1S/C28H44O3/c1-20(2)11-8-12-21(3)13-9-14-22(4)15-10-17-28(7,31)18-16-25-19-26(29)23(5)24(6)27(25)30/h11,13,15,19,29-31H,8-10,12,14,16-18H2,1-7H3. The van der Waals surface area contributed by atoms with Gasteiger partial charge in [-0.3, -0.25) is 0 Å². The van der Waals surface area contributed by atoms with E-state index in [1.54, 1.807) is 19.9 Å². The maximum atomic E-state index is 10.8. The third kappa shape index (κ3) is 10.2. The maximum Gasteiger partial charge on any atom is 0.122 e. The minimum absolute atomic E-state index is 0.199. The summed E-state index contributed by atoms with van der Waals surface area (Å²) in [7, 11) is 0.